The molecule has 3 aromatic rings. The molecular weight excluding hydrogens is 236 g/mol. The lowest BCUT2D eigenvalue weighted by molar-refractivity contribution is 0.513. The van der Waals surface area contributed by atoms with E-state index >= 15 is 0 Å². The molecule has 3 rings (SSSR count). The maximum absolute atomic E-state index is 11.7. The summed E-state index contributed by atoms with van der Waals surface area (Å²) in [6.45, 7) is 0.212. The summed E-state index contributed by atoms with van der Waals surface area (Å²) in [5.74, 6) is -0.0258. The fourth-order valence-electron chi connectivity index (χ4n) is 1.76. The first kappa shape index (κ1) is 10.5. The van der Waals surface area contributed by atoms with Gasteiger partial charge >= 0.3 is 5.76 Å². The van der Waals surface area contributed by atoms with Gasteiger partial charge in [0.05, 0.1) is 19.1 Å². The van der Waals surface area contributed by atoms with Gasteiger partial charge in [0.25, 0.3) is 0 Å². The van der Waals surface area contributed by atoms with Crippen LogP contribution in [0.5, 0.6) is 0 Å². The fourth-order valence-corrected chi connectivity index (χ4v) is 1.76. The highest BCUT2D eigenvalue weighted by molar-refractivity contribution is 5.76. The van der Waals surface area contributed by atoms with Crippen molar-refractivity contribution in [3.05, 3.63) is 34.6 Å². The zero-order valence-electron chi connectivity index (χ0n) is 9.57. The molecule has 0 aliphatic heterocycles. The van der Waals surface area contributed by atoms with Crippen LogP contribution in [-0.2, 0) is 13.6 Å². The smallest absolute Gasteiger partial charge is 0.408 e. The number of aromatic nitrogens is 5. The number of hydrogen-bond acceptors (Lipinski definition) is 6. The number of fused-ring (bicyclic) bond motifs is 1. The van der Waals surface area contributed by atoms with Crippen molar-refractivity contribution in [1.82, 2.24) is 24.8 Å². The number of nitrogen functional groups attached to an aromatic ring is 1. The van der Waals surface area contributed by atoms with Gasteiger partial charge in [0.1, 0.15) is 0 Å². The molecule has 0 amide bonds. The van der Waals surface area contributed by atoms with Crippen LogP contribution in [0.15, 0.2) is 27.4 Å². The minimum absolute atomic E-state index is 0.212. The minimum atomic E-state index is -0.469. The van der Waals surface area contributed by atoms with Crippen molar-refractivity contribution in [3.8, 4) is 0 Å². The van der Waals surface area contributed by atoms with Crippen LogP contribution in [-0.4, -0.2) is 24.8 Å². The Bertz CT molecular complexity index is 768. The molecule has 1 aromatic carbocycles. The largest absolute Gasteiger partial charge is 0.420 e. The fraction of sp³-hybridized carbons (Fsp3) is 0.200. The second-order valence-corrected chi connectivity index (χ2v) is 3.88. The molecule has 2 N–H and O–H groups in total. The molecule has 0 spiro atoms. The van der Waals surface area contributed by atoms with E-state index in [1.54, 1.807) is 25.2 Å². The summed E-state index contributed by atoms with van der Waals surface area (Å²) in [7, 11) is 1.66. The van der Waals surface area contributed by atoms with Crippen LogP contribution in [0, 0.1) is 0 Å². The molecule has 0 radical (unpaired) electrons. The summed E-state index contributed by atoms with van der Waals surface area (Å²) in [5, 5.41) is 11.6. The Morgan fingerprint density at radius 1 is 1.44 bits per heavy atom. The molecule has 0 unspecified atom stereocenters. The van der Waals surface area contributed by atoms with Crippen LogP contribution in [0.25, 0.3) is 11.1 Å². The predicted octanol–water partition coefficient (Wildman–Crippen LogP) is -0.252. The van der Waals surface area contributed by atoms with Gasteiger partial charge < -0.3 is 10.2 Å². The number of tetrazole rings is 1. The van der Waals surface area contributed by atoms with E-state index in [4.69, 9.17) is 10.2 Å². The number of aryl methyl sites for hydroxylation is 1. The monoisotopic (exact) mass is 246 g/mol. The van der Waals surface area contributed by atoms with Crippen LogP contribution in [0.4, 0.5) is 5.69 Å². The van der Waals surface area contributed by atoms with Crippen molar-refractivity contribution in [2.24, 2.45) is 7.05 Å². The molecule has 0 fully saturated rings. The summed E-state index contributed by atoms with van der Waals surface area (Å²) >= 11 is 0. The topological polar surface area (TPSA) is 105 Å². The summed E-state index contributed by atoms with van der Waals surface area (Å²) in [6.07, 6.45) is 0. The van der Waals surface area contributed by atoms with Crippen LogP contribution >= 0.6 is 0 Å². The van der Waals surface area contributed by atoms with Crippen molar-refractivity contribution in [1.29, 1.82) is 0 Å². The highest BCUT2D eigenvalue weighted by Crippen LogP contribution is 2.16. The summed E-state index contributed by atoms with van der Waals surface area (Å²) < 4.78 is 6.54. The van der Waals surface area contributed by atoms with E-state index in [0.717, 1.165) is 0 Å². The van der Waals surface area contributed by atoms with Crippen molar-refractivity contribution in [2.45, 2.75) is 6.54 Å². The lowest BCUT2D eigenvalue weighted by Gasteiger charge is -1.97. The minimum Gasteiger partial charge on any atom is -0.408 e. The average molecular weight is 246 g/mol. The van der Waals surface area contributed by atoms with Crippen molar-refractivity contribution in [2.75, 3.05) is 5.73 Å². The van der Waals surface area contributed by atoms with E-state index in [-0.39, 0.29) is 6.54 Å². The molecule has 0 aliphatic rings. The second-order valence-electron chi connectivity index (χ2n) is 3.88. The molecule has 0 saturated carbocycles. The normalized spacial score (nSPS) is 11.2. The van der Waals surface area contributed by atoms with Crippen molar-refractivity contribution >= 4 is 16.8 Å². The maximum Gasteiger partial charge on any atom is 0.420 e. The van der Waals surface area contributed by atoms with Gasteiger partial charge in [-0.1, -0.05) is 0 Å². The number of rotatable bonds is 2. The zero-order chi connectivity index (χ0) is 12.7. The molecule has 2 aromatic heterocycles. The molecule has 18 heavy (non-hydrogen) atoms. The number of benzene rings is 1. The number of hydrogen-bond donors (Lipinski definition) is 1. The number of anilines is 1. The zero-order valence-corrected chi connectivity index (χ0v) is 9.57. The molecular formula is C10H10N6O2. The molecule has 0 aliphatic carbocycles. The Kier molecular flexibility index (Phi) is 2.15. The molecule has 2 heterocycles. The molecule has 8 heteroatoms. The van der Waals surface area contributed by atoms with Gasteiger partial charge in [-0.25, -0.2) is 4.79 Å². The Morgan fingerprint density at radius 2 is 2.28 bits per heavy atom. The predicted molar refractivity (Wildman–Crippen MR) is 62.8 cm³/mol. The summed E-state index contributed by atoms with van der Waals surface area (Å²) in [5.41, 5.74) is 7.27. The third kappa shape index (κ3) is 1.63. The van der Waals surface area contributed by atoms with Gasteiger partial charge in [-0.2, -0.15) is 4.80 Å². The third-order valence-corrected chi connectivity index (χ3v) is 2.54. The van der Waals surface area contributed by atoms with Crippen LogP contribution in [0.3, 0.4) is 0 Å². The van der Waals surface area contributed by atoms with Crippen molar-refractivity contribution in [3.63, 3.8) is 0 Å². The van der Waals surface area contributed by atoms with E-state index in [1.165, 1.54) is 9.36 Å². The third-order valence-electron chi connectivity index (χ3n) is 2.54. The number of nitrogens with two attached hydrogens (primary N) is 1. The first-order chi connectivity index (χ1) is 8.63. The number of oxazole rings is 1. The van der Waals surface area contributed by atoms with Crippen molar-refractivity contribution < 1.29 is 4.42 Å². The summed E-state index contributed by atoms with van der Waals surface area (Å²) in [4.78, 5) is 13.1. The molecule has 92 valence electrons. The van der Waals surface area contributed by atoms with E-state index in [0.29, 0.717) is 22.6 Å². The Labute approximate surface area is 101 Å². The highest BCUT2D eigenvalue weighted by Gasteiger charge is 2.12. The van der Waals surface area contributed by atoms with Gasteiger partial charge in [0, 0.05) is 11.8 Å². The van der Waals surface area contributed by atoms with E-state index in [9.17, 15) is 4.79 Å². The molecule has 0 bridgehead atoms. The summed E-state index contributed by atoms with van der Waals surface area (Å²) in [6, 6.07) is 5.04. The average Bonchev–Trinajstić information content (AvgIpc) is 2.84. The maximum atomic E-state index is 11.7. The Hall–Kier alpha value is -2.64. The Balaban J connectivity index is 2.11. The molecule has 8 nitrogen and oxygen atoms in total. The molecule has 0 atom stereocenters. The van der Waals surface area contributed by atoms with Gasteiger partial charge in [0.2, 0.25) is 0 Å². The Morgan fingerprint density at radius 3 is 3.00 bits per heavy atom. The lowest BCUT2D eigenvalue weighted by atomic mass is 10.3. The van der Waals surface area contributed by atoms with Gasteiger partial charge in [-0.05, 0) is 17.3 Å². The van der Waals surface area contributed by atoms with Crippen LogP contribution in [0.1, 0.15) is 5.82 Å². The highest BCUT2D eigenvalue weighted by atomic mass is 16.4. The van der Waals surface area contributed by atoms with Crippen LogP contribution < -0.4 is 11.5 Å². The second kappa shape index (κ2) is 3.69. The van der Waals surface area contributed by atoms with Gasteiger partial charge in [-0.3, -0.25) is 4.57 Å². The lowest BCUT2D eigenvalue weighted by Crippen LogP contribution is -2.15. The SMILES string of the molecule is Cn1nnc(Cn2c(=O)oc3cc(N)ccc32)n1. The van der Waals surface area contributed by atoms with Gasteiger partial charge in [0.15, 0.2) is 11.4 Å². The molecule has 0 saturated heterocycles. The van der Waals surface area contributed by atoms with E-state index in [1.807, 2.05) is 0 Å². The first-order valence-corrected chi connectivity index (χ1v) is 5.25. The number of nitrogens with zero attached hydrogens (tertiary/aromatic N) is 5. The first-order valence-electron chi connectivity index (χ1n) is 5.25. The van der Waals surface area contributed by atoms with E-state index < -0.39 is 5.76 Å². The standard InChI is InChI=1S/C10H10N6O2/c1-15-13-9(12-14-15)5-16-7-3-2-6(11)4-8(7)18-10(16)17/h2-4H,5,11H2,1H3. The van der Waals surface area contributed by atoms with Gasteiger partial charge in [-0.15, -0.1) is 10.2 Å². The van der Waals surface area contributed by atoms with Crippen LogP contribution in [0.2, 0.25) is 0 Å². The quantitative estimate of drug-likeness (QED) is 0.625. The van der Waals surface area contributed by atoms with E-state index in [2.05, 4.69) is 15.4 Å².